The zero-order valence-corrected chi connectivity index (χ0v) is 16.2. The van der Waals surface area contributed by atoms with Crippen LogP contribution in [0.15, 0.2) is 42.7 Å². The van der Waals surface area contributed by atoms with Crippen LogP contribution in [-0.2, 0) is 4.79 Å². The molecule has 2 heterocycles. The molecule has 2 aromatic heterocycles. The monoisotopic (exact) mass is 415 g/mol. The fourth-order valence-corrected chi connectivity index (χ4v) is 3.74. The van der Waals surface area contributed by atoms with Crippen molar-refractivity contribution in [3.8, 4) is 0 Å². The molecule has 9 heteroatoms. The summed E-state index contributed by atoms with van der Waals surface area (Å²) in [5, 5.41) is 10.1. The summed E-state index contributed by atoms with van der Waals surface area (Å²) in [4.78, 5) is 29.1. The van der Waals surface area contributed by atoms with Crippen LogP contribution in [0.3, 0.4) is 0 Å². The van der Waals surface area contributed by atoms with Gasteiger partial charge in [0.1, 0.15) is 5.82 Å². The molecule has 4 rings (SSSR count). The third-order valence-corrected chi connectivity index (χ3v) is 5.40. The molecular formula is C20H19ClFN5O2. The maximum Gasteiger partial charge on any atom is 0.272 e. The Kier molecular flexibility index (Phi) is 5.44. The fourth-order valence-electron chi connectivity index (χ4n) is 3.53. The number of aromatic nitrogens is 3. The molecule has 2 N–H and O–H groups in total. The first kappa shape index (κ1) is 19.3. The highest BCUT2D eigenvalue weighted by Gasteiger charge is 2.28. The fraction of sp³-hybridized carbons (Fsp3) is 0.300. The van der Waals surface area contributed by atoms with Crippen molar-refractivity contribution in [2.75, 3.05) is 5.32 Å². The SMILES string of the molecule is O=C(N[C@H]1CC[C@H](C(=O)Nc2ccc(F)cc2Cl)CC1)c1cc2ncccn2n1. The molecule has 29 heavy (non-hydrogen) atoms. The number of hydrogen-bond donors (Lipinski definition) is 2. The van der Waals surface area contributed by atoms with E-state index in [9.17, 15) is 14.0 Å². The lowest BCUT2D eigenvalue weighted by Crippen LogP contribution is -2.39. The molecule has 1 aromatic carbocycles. The minimum Gasteiger partial charge on any atom is -0.348 e. The number of nitrogens with one attached hydrogen (secondary N) is 2. The molecule has 0 bridgehead atoms. The van der Waals surface area contributed by atoms with Gasteiger partial charge in [-0.15, -0.1) is 0 Å². The van der Waals surface area contributed by atoms with Gasteiger partial charge in [0.15, 0.2) is 11.3 Å². The molecule has 0 spiro atoms. The Bertz CT molecular complexity index is 1030. The van der Waals surface area contributed by atoms with Gasteiger partial charge < -0.3 is 10.6 Å². The molecule has 0 unspecified atom stereocenters. The molecule has 2 amide bonds. The molecule has 1 saturated carbocycles. The third-order valence-electron chi connectivity index (χ3n) is 5.09. The summed E-state index contributed by atoms with van der Waals surface area (Å²) in [7, 11) is 0. The Morgan fingerprint density at radius 3 is 2.69 bits per heavy atom. The number of carbonyl (C=O) groups is 2. The van der Waals surface area contributed by atoms with Crippen LogP contribution >= 0.6 is 11.6 Å². The van der Waals surface area contributed by atoms with Crippen molar-refractivity contribution >= 4 is 34.7 Å². The highest BCUT2D eigenvalue weighted by molar-refractivity contribution is 6.33. The van der Waals surface area contributed by atoms with Crippen molar-refractivity contribution < 1.29 is 14.0 Å². The predicted octanol–water partition coefficient (Wildman–Crippen LogP) is 3.45. The topological polar surface area (TPSA) is 88.4 Å². The van der Waals surface area contributed by atoms with E-state index >= 15 is 0 Å². The highest BCUT2D eigenvalue weighted by atomic mass is 35.5. The number of carbonyl (C=O) groups excluding carboxylic acids is 2. The third kappa shape index (κ3) is 4.37. The van der Waals surface area contributed by atoms with E-state index in [4.69, 9.17) is 11.6 Å². The Labute approximate surface area is 171 Å². The van der Waals surface area contributed by atoms with Crippen LogP contribution in [0.1, 0.15) is 36.2 Å². The lowest BCUT2D eigenvalue weighted by molar-refractivity contribution is -0.120. The van der Waals surface area contributed by atoms with Crippen LogP contribution in [0.5, 0.6) is 0 Å². The van der Waals surface area contributed by atoms with Crippen molar-refractivity contribution in [3.63, 3.8) is 0 Å². The molecule has 3 aromatic rings. The highest BCUT2D eigenvalue weighted by Crippen LogP contribution is 2.28. The number of fused-ring (bicyclic) bond motifs is 1. The van der Waals surface area contributed by atoms with Crippen molar-refractivity contribution in [3.05, 3.63) is 59.3 Å². The van der Waals surface area contributed by atoms with E-state index in [1.54, 1.807) is 29.0 Å². The zero-order valence-electron chi connectivity index (χ0n) is 15.4. The van der Waals surface area contributed by atoms with Gasteiger partial charge in [-0.05, 0) is 49.9 Å². The van der Waals surface area contributed by atoms with Crippen molar-refractivity contribution in [1.29, 1.82) is 0 Å². The Balaban J connectivity index is 1.30. The van der Waals surface area contributed by atoms with Gasteiger partial charge in [0.05, 0.1) is 10.7 Å². The van der Waals surface area contributed by atoms with Gasteiger partial charge in [0.25, 0.3) is 5.91 Å². The molecule has 0 aliphatic heterocycles. The lowest BCUT2D eigenvalue weighted by Gasteiger charge is -2.28. The summed E-state index contributed by atoms with van der Waals surface area (Å²) in [6, 6.07) is 7.24. The predicted molar refractivity (Wildman–Crippen MR) is 106 cm³/mol. The van der Waals surface area contributed by atoms with Gasteiger partial charge in [-0.2, -0.15) is 5.10 Å². The van der Waals surface area contributed by atoms with Crippen LogP contribution in [0.2, 0.25) is 5.02 Å². The molecule has 1 fully saturated rings. The van der Waals surface area contributed by atoms with E-state index in [0.29, 0.717) is 42.7 Å². The molecular weight excluding hydrogens is 397 g/mol. The first-order chi connectivity index (χ1) is 14.0. The van der Waals surface area contributed by atoms with Crippen LogP contribution in [-0.4, -0.2) is 32.5 Å². The van der Waals surface area contributed by atoms with E-state index in [-0.39, 0.29) is 28.8 Å². The van der Waals surface area contributed by atoms with Gasteiger partial charge in [0, 0.05) is 30.4 Å². The second-order valence-electron chi connectivity index (χ2n) is 7.09. The van der Waals surface area contributed by atoms with Gasteiger partial charge in [-0.1, -0.05) is 11.6 Å². The summed E-state index contributed by atoms with van der Waals surface area (Å²) in [5.41, 5.74) is 1.32. The summed E-state index contributed by atoms with van der Waals surface area (Å²) in [5.74, 6) is -1.02. The maximum absolute atomic E-state index is 13.1. The number of nitrogens with zero attached hydrogens (tertiary/aromatic N) is 3. The van der Waals surface area contributed by atoms with Gasteiger partial charge in [-0.25, -0.2) is 13.9 Å². The second kappa shape index (κ2) is 8.16. The molecule has 7 nitrogen and oxygen atoms in total. The molecule has 1 aliphatic carbocycles. The normalized spacial score (nSPS) is 19.1. The van der Waals surface area contributed by atoms with Crippen LogP contribution in [0.25, 0.3) is 5.65 Å². The average molecular weight is 416 g/mol. The standard InChI is InChI=1S/C20H19ClFN5O2/c21-15-10-13(22)4-7-16(15)25-19(28)12-2-5-14(6-3-12)24-20(29)17-11-18-23-8-1-9-27(18)26-17/h1,4,7-12,14H,2-3,5-6H2,(H,24,29)(H,25,28)/t12-,14-. The van der Waals surface area contributed by atoms with Gasteiger partial charge in [0.2, 0.25) is 5.91 Å². The smallest absolute Gasteiger partial charge is 0.272 e. The summed E-state index contributed by atoms with van der Waals surface area (Å²) in [6.07, 6.45) is 6.03. The molecule has 150 valence electrons. The number of hydrogen-bond acceptors (Lipinski definition) is 4. The van der Waals surface area contributed by atoms with E-state index in [2.05, 4.69) is 20.7 Å². The van der Waals surface area contributed by atoms with Crippen molar-refractivity contribution in [2.24, 2.45) is 5.92 Å². The minimum absolute atomic E-state index is 0.0151. The number of amides is 2. The van der Waals surface area contributed by atoms with Crippen LogP contribution in [0, 0.1) is 11.7 Å². The lowest BCUT2D eigenvalue weighted by atomic mass is 9.85. The Morgan fingerprint density at radius 1 is 1.17 bits per heavy atom. The Morgan fingerprint density at radius 2 is 1.97 bits per heavy atom. The van der Waals surface area contributed by atoms with Crippen molar-refractivity contribution in [2.45, 2.75) is 31.7 Å². The quantitative estimate of drug-likeness (QED) is 0.683. The summed E-state index contributed by atoms with van der Waals surface area (Å²) < 4.78 is 14.7. The van der Waals surface area contributed by atoms with Crippen LogP contribution in [0.4, 0.5) is 10.1 Å². The number of halogens is 2. The maximum atomic E-state index is 13.1. The number of benzene rings is 1. The number of rotatable bonds is 4. The zero-order chi connectivity index (χ0) is 20.4. The van der Waals surface area contributed by atoms with E-state index in [1.165, 1.54) is 18.2 Å². The Hall–Kier alpha value is -3.00. The second-order valence-corrected chi connectivity index (χ2v) is 7.49. The van der Waals surface area contributed by atoms with Crippen molar-refractivity contribution in [1.82, 2.24) is 19.9 Å². The first-order valence-electron chi connectivity index (χ1n) is 9.37. The minimum atomic E-state index is -0.453. The first-order valence-corrected chi connectivity index (χ1v) is 9.74. The average Bonchev–Trinajstić information content (AvgIpc) is 3.15. The molecule has 1 aliphatic rings. The molecule has 0 saturated heterocycles. The van der Waals surface area contributed by atoms with Gasteiger partial charge >= 0.3 is 0 Å². The summed E-state index contributed by atoms with van der Waals surface area (Å²) >= 11 is 5.97. The van der Waals surface area contributed by atoms with E-state index < -0.39 is 5.82 Å². The van der Waals surface area contributed by atoms with Gasteiger partial charge in [-0.3, -0.25) is 9.59 Å². The molecule has 0 radical (unpaired) electrons. The molecule has 0 atom stereocenters. The van der Waals surface area contributed by atoms with E-state index in [0.717, 1.165) is 0 Å². The number of anilines is 1. The summed E-state index contributed by atoms with van der Waals surface area (Å²) in [6.45, 7) is 0. The largest absolute Gasteiger partial charge is 0.348 e. The van der Waals surface area contributed by atoms with E-state index in [1.807, 2.05) is 0 Å². The van der Waals surface area contributed by atoms with Crippen LogP contribution < -0.4 is 10.6 Å².